The minimum absolute atomic E-state index is 0.321. The third-order valence-corrected chi connectivity index (χ3v) is 4.65. The molecule has 0 unspecified atom stereocenters. The maximum Gasteiger partial charge on any atom is 0.216 e. The molecule has 140 valence electrons. The summed E-state index contributed by atoms with van der Waals surface area (Å²) >= 11 is 5.29. The smallest absolute Gasteiger partial charge is 0.216 e. The number of halogens is 1. The highest BCUT2D eigenvalue weighted by atomic mass is 32.1. The third-order valence-electron chi connectivity index (χ3n) is 4.38. The van der Waals surface area contributed by atoms with Crippen molar-refractivity contribution < 1.29 is 4.39 Å². The van der Waals surface area contributed by atoms with E-state index >= 15 is 0 Å². The number of nitrogens with zero attached hydrogens (tertiary/aromatic N) is 5. The molecule has 0 spiro atoms. The SMILES string of the molecule is Cc1nn(-c2ccccc2)c(C)c1C=Nn1c(-c2cccc(F)c2)n[nH]c1=S. The fourth-order valence-corrected chi connectivity index (χ4v) is 3.17. The quantitative estimate of drug-likeness (QED) is 0.413. The van der Waals surface area contributed by atoms with Crippen LogP contribution in [0.5, 0.6) is 0 Å². The molecule has 2 aromatic heterocycles. The molecule has 8 heteroatoms. The molecule has 4 rings (SSSR count). The Labute approximate surface area is 166 Å². The molecule has 2 aromatic carbocycles. The summed E-state index contributed by atoms with van der Waals surface area (Å²) in [6.07, 6.45) is 1.70. The number of H-pyrrole nitrogens is 1. The summed E-state index contributed by atoms with van der Waals surface area (Å²) in [5.41, 5.74) is 4.24. The lowest BCUT2D eigenvalue weighted by Crippen LogP contribution is -1.99. The van der Waals surface area contributed by atoms with Crippen molar-refractivity contribution in [1.82, 2.24) is 24.7 Å². The van der Waals surface area contributed by atoms with E-state index in [-0.39, 0.29) is 5.82 Å². The van der Waals surface area contributed by atoms with Gasteiger partial charge in [-0.25, -0.2) is 14.2 Å². The van der Waals surface area contributed by atoms with Crippen molar-refractivity contribution in [2.75, 3.05) is 0 Å². The van der Waals surface area contributed by atoms with Gasteiger partial charge in [0.25, 0.3) is 0 Å². The first-order valence-electron chi connectivity index (χ1n) is 8.64. The molecule has 1 N–H and O–H groups in total. The van der Waals surface area contributed by atoms with E-state index in [0.717, 1.165) is 22.6 Å². The first kappa shape index (κ1) is 18.0. The van der Waals surface area contributed by atoms with E-state index in [9.17, 15) is 4.39 Å². The zero-order valence-electron chi connectivity index (χ0n) is 15.3. The van der Waals surface area contributed by atoms with Crippen LogP contribution in [0.1, 0.15) is 17.0 Å². The third kappa shape index (κ3) is 3.29. The van der Waals surface area contributed by atoms with Gasteiger partial charge in [-0.3, -0.25) is 0 Å². The zero-order chi connectivity index (χ0) is 19.7. The van der Waals surface area contributed by atoms with Crippen molar-refractivity contribution in [3.63, 3.8) is 0 Å². The summed E-state index contributed by atoms with van der Waals surface area (Å²) in [6.45, 7) is 3.91. The lowest BCUT2D eigenvalue weighted by atomic mass is 10.2. The largest absolute Gasteiger partial charge is 0.250 e. The number of aryl methyl sites for hydroxylation is 1. The Hall–Kier alpha value is -3.39. The molecule has 0 radical (unpaired) electrons. The highest BCUT2D eigenvalue weighted by Crippen LogP contribution is 2.19. The fraction of sp³-hybridized carbons (Fsp3) is 0.100. The predicted molar refractivity (Wildman–Crippen MR) is 109 cm³/mol. The molecule has 0 aliphatic rings. The maximum atomic E-state index is 13.6. The number of aromatic nitrogens is 5. The summed E-state index contributed by atoms with van der Waals surface area (Å²) in [5, 5.41) is 16.0. The molecule has 0 saturated heterocycles. The fourth-order valence-electron chi connectivity index (χ4n) is 2.99. The molecule has 28 heavy (non-hydrogen) atoms. The van der Waals surface area contributed by atoms with E-state index in [1.54, 1.807) is 18.3 Å². The van der Waals surface area contributed by atoms with Gasteiger partial charge in [-0.15, -0.1) is 0 Å². The normalized spacial score (nSPS) is 11.4. The van der Waals surface area contributed by atoms with E-state index in [0.29, 0.717) is 16.2 Å². The molecular weight excluding hydrogens is 375 g/mol. The van der Waals surface area contributed by atoms with Gasteiger partial charge in [-0.1, -0.05) is 30.3 Å². The Bertz CT molecular complexity index is 1220. The monoisotopic (exact) mass is 392 g/mol. The Morgan fingerprint density at radius 3 is 2.64 bits per heavy atom. The molecule has 4 aromatic rings. The van der Waals surface area contributed by atoms with Gasteiger partial charge in [0.2, 0.25) is 4.77 Å². The lowest BCUT2D eigenvalue weighted by molar-refractivity contribution is 0.628. The number of nitrogens with one attached hydrogen (secondary N) is 1. The second kappa shape index (κ2) is 7.32. The summed E-state index contributed by atoms with van der Waals surface area (Å²) in [7, 11) is 0. The van der Waals surface area contributed by atoms with Crippen LogP contribution in [0.3, 0.4) is 0 Å². The maximum absolute atomic E-state index is 13.6. The van der Waals surface area contributed by atoms with Crippen molar-refractivity contribution in [2.45, 2.75) is 13.8 Å². The Balaban J connectivity index is 1.75. The average molecular weight is 392 g/mol. The molecule has 0 bridgehead atoms. The van der Waals surface area contributed by atoms with Crippen molar-refractivity contribution in [3.8, 4) is 17.1 Å². The van der Waals surface area contributed by atoms with Gasteiger partial charge in [0.1, 0.15) is 5.82 Å². The van der Waals surface area contributed by atoms with Crippen LogP contribution in [0.25, 0.3) is 17.1 Å². The molecule has 0 saturated carbocycles. The van der Waals surface area contributed by atoms with Crippen LogP contribution in [-0.4, -0.2) is 30.9 Å². The van der Waals surface area contributed by atoms with E-state index < -0.39 is 0 Å². The van der Waals surface area contributed by atoms with Crippen molar-refractivity contribution >= 4 is 18.4 Å². The van der Waals surface area contributed by atoms with Crippen LogP contribution in [0.4, 0.5) is 4.39 Å². The highest BCUT2D eigenvalue weighted by Gasteiger charge is 2.13. The number of hydrogen-bond acceptors (Lipinski definition) is 4. The molecule has 0 aliphatic heterocycles. The molecular formula is C20H17FN6S. The first-order chi connectivity index (χ1) is 13.5. The summed E-state index contributed by atoms with van der Waals surface area (Å²) in [6, 6.07) is 16.0. The van der Waals surface area contributed by atoms with Gasteiger partial charge in [0.05, 0.1) is 23.3 Å². The highest BCUT2D eigenvalue weighted by molar-refractivity contribution is 7.71. The summed E-state index contributed by atoms with van der Waals surface area (Å²) in [5.74, 6) is 0.0873. The Morgan fingerprint density at radius 2 is 1.89 bits per heavy atom. The van der Waals surface area contributed by atoms with E-state index in [4.69, 9.17) is 12.2 Å². The van der Waals surface area contributed by atoms with Crippen LogP contribution < -0.4 is 0 Å². The summed E-state index contributed by atoms with van der Waals surface area (Å²) in [4.78, 5) is 0. The van der Waals surface area contributed by atoms with E-state index in [1.807, 2.05) is 48.9 Å². The Morgan fingerprint density at radius 1 is 1.11 bits per heavy atom. The van der Waals surface area contributed by atoms with Gasteiger partial charge in [-0.05, 0) is 50.3 Å². The molecule has 0 fully saturated rings. The van der Waals surface area contributed by atoms with Crippen LogP contribution >= 0.6 is 12.2 Å². The van der Waals surface area contributed by atoms with Crippen molar-refractivity contribution in [2.24, 2.45) is 5.10 Å². The van der Waals surface area contributed by atoms with Crippen molar-refractivity contribution in [1.29, 1.82) is 0 Å². The van der Waals surface area contributed by atoms with Gasteiger partial charge >= 0.3 is 0 Å². The van der Waals surface area contributed by atoms with Crippen LogP contribution in [0.2, 0.25) is 0 Å². The number of rotatable bonds is 4. The summed E-state index contributed by atoms with van der Waals surface area (Å²) < 4.78 is 17.3. The zero-order valence-corrected chi connectivity index (χ0v) is 16.1. The second-order valence-electron chi connectivity index (χ2n) is 6.25. The lowest BCUT2D eigenvalue weighted by Gasteiger charge is -2.04. The van der Waals surface area contributed by atoms with E-state index in [2.05, 4.69) is 20.4 Å². The van der Waals surface area contributed by atoms with Crippen molar-refractivity contribution in [3.05, 3.63) is 82.1 Å². The predicted octanol–water partition coefficient (Wildman–Crippen LogP) is 4.43. The molecule has 6 nitrogen and oxygen atoms in total. The first-order valence-corrected chi connectivity index (χ1v) is 9.05. The molecule has 0 amide bonds. The number of benzene rings is 2. The van der Waals surface area contributed by atoms with Gasteiger partial charge in [0.15, 0.2) is 5.82 Å². The average Bonchev–Trinajstić information content (AvgIpc) is 3.20. The second-order valence-corrected chi connectivity index (χ2v) is 6.64. The van der Waals surface area contributed by atoms with Gasteiger partial charge in [-0.2, -0.15) is 20.0 Å². The minimum Gasteiger partial charge on any atom is -0.250 e. The molecule has 2 heterocycles. The molecule has 0 atom stereocenters. The van der Waals surface area contributed by atoms with Gasteiger partial charge in [0, 0.05) is 11.1 Å². The van der Waals surface area contributed by atoms with Gasteiger partial charge < -0.3 is 0 Å². The number of para-hydroxylation sites is 1. The van der Waals surface area contributed by atoms with Crippen LogP contribution in [0, 0.1) is 24.4 Å². The van der Waals surface area contributed by atoms with Crippen LogP contribution in [0.15, 0.2) is 59.7 Å². The standard InChI is InChI=1S/C20H17FN6S/c1-13-18(14(2)26(25-13)17-9-4-3-5-10-17)12-22-27-19(23-24-20(27)28)15-7-6-8-16(21)11-15/h3-12H,1-2H3,(H,24,28). The topological polar surface area (TPSA) is 63.8 Å². The van der Waals surface area contributed by atoms with Crippen LogP contribution in [-0.2, 0) is 0 Å². The number of aromatic amines is 1. The van der Waals surface area contributed by atoms with E-state index in [1.165, 1.54) is 16.8 Å². The number of hydrogen-bond donors (Lipinski definition) is 1. The minimum atomic E-state index is -0.349. The Kier molecular flexibility index (Phi) is 4.70. The molecule has 0 aliphatic carbocycles.